The minimum absolute atomic E-state index is 0.0539. The number of hydrogen-bond donors (Lipinski definition) is 1. The zero-order valence-corrected chi connectivity index (χ0v) is 9.88. The Morgan fingerprint density at radius 1 is 1.37 bits per heavy atom. The van der Waals surface area contributed by atoms with Crippen LogP contribution in [0.5, 0.6) is 0 Å². The van der Waals surface area contributed by atoms with Crippen molar-refractivity contribution >= 4 is 18.1 Å². The molecule has 19 heavy (non-hydrogen) atoms. The van der Waals surface area contributed by atoms with Crippen LogP contribution in [0.15, 0.2) is 40.5 Å². The Bertz CT molecular complexity index is 522. The monoisotopic (exact) mass is 261 g/mol. The molecule has 0 saturated carbocycles. The number of amides is 1. The maximum atomic E-state index is 11.3. The van der Waals surface area contributed by atoms with Gasteiger partial charge in [0.05, 0.1) is 12.8 Å². The molecule has 0 radical (unpaired) electrons. The van der Waals surface area contributed by atoms with Gasteiger partial charge in [-0.3, -0.25) is 4.79 Å². The van der Waals surface area contributed by atoms with E-state index in [0.717, 1.165) is 10.6 Å². The molecule has 0 fully saturated rings. The summed E-state index contributed by atoms with van der Waals surface area (Å²) in [5.74, 6) is -2.80. The van der Waals surface area contributed by atoms with E-state index in [1.54, 1.807) is 24.3 Å². The van der Waals surface area contributed by atoms with Crippen molar-refractivity contribution in [2.75, 3.05) is 13.1 Å². The first-order chi connectivity index (χ1) is 9.15. The molecule has 8 heteroatoms. The molecule has 0 saturated heterocycles. The smallest absolute Gasteiger partial charge is 0.396 e. The fraction of sp³-hybridized carbons (Fsp3) is 0.182. The minimum atomic E-state index is -1.62. The van der Waals surface area contributed by atoms with Crippen LogP contribution in [0.1, 0.15) is 5.56 Å². The number of carbonyl (C=O) groups is 2. The summed E-state index contributed by atoms with van der Waals surface area (Å²) in [6, 6.07) is 8.88. The fourth-order valence-electron chi connectivity index (χ4n) is 1.18. The lowest BCUT2D eigenvalue weighted by Gasteiger charge is -2.12. The first-order valence-electron chi connectivity index (χ1n) is 5.30. The molecule has 0 spiro atoms. The molecule has 0 aliphatic heterocycles. The van der Waals surface area contributed by atoms with E-state index in [4.69, 9.17) is 10.6 Å². The number of carboxylic acid groups (broad SMARTS) is 1. The van der Waals surface area contributed by atoms with Gasteiger partial charge in [-0.2, -0.15) is 5.10 Å². The largest absolute Gasteiger partial charge is 0.474 e. The summed E-state index contributed by atoms with van der Waals surface area (Å²) in [5, 5.41) is 16.4. The predicted molar refractivity (Wildman–Crippen MR) is 67.4 cm³/mol. The first kappa shape index (κ1) is 14.2. The third kappa shape index (κ3) is 4.88. The van der Waals surface area contributed by atoms with Crippen LogP contribution in [0.4, 0.5) is 0 Å². The minimum Gasteiger partial charge on any atom is -0.474 e. The Balaban J connectivity index is 2.78. The average Bonchev–Trinajstić information content (AvgIpc) is 2.43. The van der Waals surface area contributed by atoms with Gasteiger partial charge < -0.3 is 5.11 Å². The number of aliphatic carboxylic acids is 1. The van der Waals surface area contributed by atoms with Crippen molar-refractivity contribution in [3.05, 3.63) is 46.3 Å². The highest BCUT2D eigenvalue weighted by atomic mass is 16.4. The fourth-order valence-corrected chi connectivity index (χ4v) is 1.18. The number of azide groups is 1. The summed E-state index contributed by atoms with van der Waals surface area (Å²) in [7, 11) is 0. The molecule has 8 nitrogen and oxygen atoms in total. The Hall–Kier alpha value is -2.86. The number of carbonyl (C=O) groups excluding carboxylic acids is 1. The molecule has 1 amide bonds. The molecule has 1 N–H and O–H groups in total. The van der Waals surface area contributed by atoms with E-state index in [1.807, 2.05) is 6.07 Å². The second-order valence-corrected chi connectivity index (χ2v) is 3.34. The summed E-state index contributed by atoms with van der Waals surface area (Å²) >= 11 is 0. The van der Waals surface area contributed by atoms with Crippen molar-refractivity contribution in [3.8, 4) is 0 Å². The molecule has 0 atom stereocenters. The van der Waals surface area contributed by atoms with Gasteiger partial charge in [0.15, 0.2) is 0 Å². The van der Waals surface area contributed by atoms with Gasteiger partial charge in [-0.15, -0.1) is 0 Å². The average molecular weight is 261 g/mol. The summed E-state index contributed by atoms with van der Waals surface area (Å²) < 4.78 is 0. The zero-order chi connectivity index (χ0) is 14.1. The molecular weight excluding hydrogens is 250 g/mol. The highest BCUT2D eigenvalue weighted by Crippen LogP contribution is 1.97. The Labute approximate surface area is 108 Å². The van der Waals surface area contributed by atoms with E-state index in [-0.39, 0.29) is 13.1 Å². The molecule has 1 rings (SSSR count). The highest BCUT2D eigenvalue weighted by molar-refractivity contribution is 6.31. The number of benzene rings is 1. The van der Waals surface area contributed by atoms with Crippen LogP contribution in [-0.2, 0) is 9.59 Å². The Kier molecular flexibility index (Phi) is 5.58. The van der Waals surface area contributed by atoms with Crippen molar-refractivity contribution in [1.29, 1.82) is 0 Å². The van der Waals surface area contributed by atoms with Crippen molar-refractivity contribution in [1.82, 2.24) is 5.01 Å². The normalized spacial score (nSPS) is 9.89. The van der Waals surface area contributed by atoms with Gasteiger partial charge >= 0.3 is 11.9 Å². The van der Waals surface area contributed by atoms with Crippen molar-refractivity contribution in [3.63, 3.8) is 0 Å². The molecule has 0 heterocycles. The van der Waals surface area contributed by atoms with Crippen molar-refractivity contribution in [2.45, 2.75) is 0 Å². The third-order valence-corrected chi connectivity index (χ3v) is 2.04. The van der Waals surface area contributed by atoms with Crippen molar-refractivity contribution in [2.24, 2.45) is 10.2 Å². The summed E-state index contributed by atoms with van der Waals surface area (Å²) in [5.41, 5.74) is 8.85. The van der Waals surface area contributed by atoms with Crippen LogP contribution in [0, 0.1) is 0 Å². The summed E-state index contributed by atoms with van der Waals surface area (Å²) in [6.45, 7) is -0.153. The molecule has 1 aromatic rings. The van der Waals surface area contributed by atoms with E-state index in [0.29, 0.717) is 0 Å². The van der Waals surface area contributed by atoms with Crippen LogP contribution in [0.3, 0.4) is 0 Å². The molecule has 0 unspecified atom stereocenters. The lowest BCUT2D eigenvalue weighted by atomic mass is 10.2. The van der Waals surface area contributed by atoms with E-state index in [1.165, 1.54) is 6.21 Å². The third-order valence-electron chi connectivity index (χ3n) is 2.04. The summed E-state index contributed by atoms with van der Waals surface area (Å²) in [4.78, 5) is 24.5. The lowest BCUT2D eigenvalue weighted by Crippen LogP contribution is -2.34. The van der Waals surface area contributed by atoms with Gasteiger partial charge in [-0.1, -0.05) is 35.4 Å². The van der Waals surface area contributed by atoms with E-state index in [2.05, 4.69) is 15.1 Å². The van der Waals surface area contributed by atoms with Gasteiger partial charge in [-0.05, 0) is 11.1 Å². The molecular formula is C11H11N5O3. The molecule has 0 bridgehead atoms. The van der Waals surface area contributed by atoms with E-state index in [9.17, 15) is 9.59 Å². The molecule has 0 aromatic heterocycles. The summed E-state index contributed by atoms with van der Waals surface area (Å²) in [6.07, 6.45) is 1.36. The second-order valence-electron chi connectivity index (χ2n) is 3.34. The maximum Gasteiger partial charge on any atom is 0.396 e. The lowest BCUT2D eigenvalue weighted by molar-refractivity contribution is -0.155. The Morgan fingerprint density at radius 3 is 2.63 bits per heavy atom. The molecule has 0 aliphatic rings. The standard InChI is InChI=1S/C11H11N5O3/c12-15-13-6-7-16(10(17)11(18)19)14-8-9-4-2-1-3-5-9/h1-5,8H,6-7H2,(H,18,19)/b14-8+. The first-order valence-corrected chi connectivity index (χ1v) is 5.30. The molecule has 0 aliphatic carbocycles. The second kappa shape index (κ2) is 7.46. The van der Waals surface area contributed by atoms with Gasteiger partial charge in [0.1, 0.15) is 0 Å². The topological polar surface area (TPSA) is 119 Å². The van der Waals surface area contributed by atoms with Crippen LogP contribution in [-0.4, -0.2) is 41.3 Å². The van der Waals surface area contributed by atoms with Crippen LogP contribution >= 0.6 is 0 Å². The quantitative estimate of drug-likeness (QED) is 0.214. The van der Waals surface area contributed by atoms with Gasteiger partial charge in [0.25, 0.3) is 0 Å². The molecule has 1 aromatic carbocycles. The van der Waals surface area contributed by atoms with Gasteiger partial charge in [0, 0.05) is 11.5 Å². The number of nitrogens with zero attached hydrogens (tertiary/aromatic N) is 5. The van der Waals surface area contributed by atoms with Crippen LogP contribution < -0.4 is 0 Å². The van der Waals surface area contributed by atoms with Gasteiger partial charge in [0.2, 0.25) is 0 Å². The van der Waals surface area contributed by atoms with Crippen LogP contribution in [0.2, 0.25) is 0 Å². The van der Waals surface area contributed by atoms with Crippen LogP contribution in [0.25, 0.3) is 10.4 Å². The number of rotatable bonds is 5. The Morgan fingerprint density at radius 2 is 2.05 bits per heavy atom. The van der Waals surface area contributed by atoms with E-state index >= 15 is 0 Å². The number of hydrazone groups is 1. The van der Waals surface area contributed by atoms with E-state index < -0.39 is 11.9 Å². The van der Waals surface area contributed by atoms with Gasteiger partial charge in [-0.25, -0.2) is 9.80 Å². The molecule has 98 valence electrons. The number of carboxylic acids is 1. The number of hydrogen-bond acceptors (Lipinski definition) is 4. The zero-order valence-electron chi connectivity index (χ0n) is 9.88. The maximum absolute atomic E-state index is 11.3. The van der Waals surface area contributed by atoms with Crippen molar-refractivity contribution < 1.29 is 14.7 Å². The SMILES string of the molecule is [N-]=[N+]=NCCN(/N=C/c1ccccc1)C(=O)C(=O)O. The highest BCUT2D eigenvalue weighted by Gasteiger charge is 2.19. The predicted octanol–water partition coefficient (Wildman–Crippen LogP) is 1.24.